The monoisotopic (exact) mass is 325 g/mol. The fourth-order valence-corrected chi connectivity index (χ4v) is 3.53. The predicted molar refractivity (Wildman–Crippen MR) is 84.8 cm³/mol. The van der Waals surface area contributed by atoms with Crippen LogP contribution in [0.15, 0.2) is 29.2 Å². The van der Waals surface area contributed by atoms with Crippen LogP contribution in [0.1, 0.15) is 31.7 Å². The summed E-state index contributed by atoms with van der Waals surface area (Å²) in [4.78, 5) is 12.1. The van der Waals surface area contributed by atoms with Crippen molar-refractivity contribution in [2.45, 2.75) is 43.7 Å². The van der Waals surface area contributed by atoms with Crippen LogP contribution in [0.2, 0.25) is 0 Å². The molecule has 7 heteroatoms. The van der Waals surface area contributed by atoms with Crippen molar-refractivity contribution in [2.24, 2.45) is 0 Å². The number of amides is 1. The summed E-state index contributed by atoms with van der Waals surface area (Å²) in [6.07, 6.45) is 2.66. The van der Waals surface area contributed by atoms with Gasteiger partial charge in [0.2, 0.25) is 15.9 Å². The second kappa shape index (κ2) is 7.71. The molecule has 0 radical (unpaired) electrons. The molecular weight excluding hydrogens is 302 g/mol. The summed E-state index contributed by atoms with van der Waals surface area (Å²) in [6, 6.07) is 6.83. The van der Waals surface area contributed by atoms with E-state index >= 15 is 0 Å². The maximum absolute atomic E-state index is 11.8. The molecule has 3 N–H and O–H groups in total. The van der Waals surface area contributed by atoms with Gasteiger partial charge in [-0.05, 0) is 37.1 Å². The first-order valence-electron chi connectivity index (χ1n) is 7.60. The van der Waals surface area contributed by atoms with Crippen LogP contribution in [0.5, 0.6) is 0 Å². The number of rotatable bonds is 7. The highest BCUT2D eigenvalue weighted by Gasteiger charge is 2.17. The van der Waals surface area contributed by atoms with E-state index in [1.807, 2.05) is 0 Å². The predicted octanol–water partition coefficient (Wildman–Crippen LogP) is 0.743. The van der Waals surface area contributed by atoms with E-state index in [1.54, 1.807) is 31.2 Å². The van der Waals surface area contributed by atoms with E-state index in [0.29, 0.717) is 19.5 Å². The van der Waals surface area contributed by atoms with Gasteiger partial charge in [0.1, 0.15) is 0 Å². The van der Waals surface area contributed by atoms with Crippen LogP contribution in [0.3, 0.4) is 0 Å². The summed E-state index contributed by atoms with van der Waals surface area (Å²) in [5, 5.41) is 6.15. The van der Waals surface area contributed by atoms with Crippen molar-refractivity contribution < 1.29 is 13.2 Å². The van der Waals surface area contributed by atoms with Crippen molar-refractivity contribution in [3.8, 4) is 0 Å². The number of sulfonamides is 1. The number of benzene rings is 1. The average Bonchev–Trinajstić information content (AvgIpc) is 2.98. The highest BCUT2D eigenvalue weighted by molar-refractivity contribution is 7.89. The molecule has 1 atom stereocenters. The standard InChI is InChI=1S/C15H23N3O3S/c1-2-18-22(20,21)14-7-5-12(6-8-14)11-17-15(19)10-13-4-3-9-16-13/h5-8,13,16,18H,2-4,9-11H2,1H3,(H,17,19). The van der Waals surface area contributed by atoms with Gasteiger partial charge in [-0.1, -0.05) is 19.1 Å². The molecular formula is C15H23N3O3S. The van der Waals surface area contributed by atoms with Gasteiger partial charge < -0.3 is 10.6 Å². The van der Waals surface area contributed by atoms with Gasteiger partial charge in [0.25, 0.3) is 0 Å². The first-order chi connectivity index (χ1) is 10.5. The van der Waals surface area contributed by atoms with Crippen molar-refractivity contribution in [1.82, 2.24) is 15.4 Å². The molecule has 1 fully saturated rings. The molecule has 0 aromatic heterocycles. The van der Waals surface area contributed by atoms with Gasteiger partial charge in [-0.2, -0.15) is 0 Å². The lowest BCUT2D eigenvalue weighted by molar-refractivity contribution is -0.121. The van der Waals surface area contributed by atoms with Gasteiger partial charge in [-0.25, -0.2) is 13.1 Å². The minimum Gasteiger partial charge on any atom is -0.352 e. The average molecular weight is 325 g/mol. The quantitative estimate of drug-likeness (QED) is 0.690. The molecule has 0 aliphatic carbocycles. The van der Waals surface area contributed by atoms with Crippen LogP contribution in [0.4, 0.5) is 0 Å². The molecule has 1 saturated heterocycles. The minimum atomic E-state index is -3.42. The second-order valence-electron chi connectivity index (χ2n) is 5.42. The van der Waals surface area contributed by atoms with Crippen LogP contribution in [-0.4, -0.2) is 33.5 Å². The van der Waals surface area contributed by atoms with Gasteiger partial charge in [-0.3, -0.25) is 4.79 Å². The Morgan fingerprint density at radius 2 is 2.05 bits per heavy atom. The third-order valence-electron chi connectivity index (χ3n) is 3.65. The van der Waals surface area contributed by atoms with E-state index in [-0.39, 0.29) is 16.8 Å². The molecule has 1 aromatic carbocycles. The molecule has 1 heterocycles. The zero-order valence-electron chi connectivity index (χ0n) is 12.8. The molecule has 1 amide bonds. The maximum Gasteiger partial charge on any atom is 0.240 e. The van der Waals surface area contributed by atoms with Crippen molar-refractivity contribution in [1.29, 1.82) is 0 Å². The molecule has 0 bridgehead atoms. The Labute approximate surface area is 131 Å². The Bertz CT molecular complexity index is 593. The van der Waals surface area contributed by atoms with Crippen LogP contribution < -0.4 is 15.4 Å². The van der Waals surface area contributed by atoms with Crippen LogP contribution >= 0.6 is 0 Å². The van der Waals surface area contributed by atoms with Gasteiger partial charge in [-0.15, -0.1) is 0 Å². The number of nitrogens with one attached hydrogen (secondary N) is 3. The lowest BCUT2D eigenvalue weighted by Gasteiger charge is -2.11. The summed E-state index contributed by atoms with van der Waals surface area (Å²) in [5.74, 6) is 0.0174. The molecule has 1 unspecified atom stereocenters. The maximum atomic E-state index is 11.8. The lowest BCUT2D eigenvalue weighted by Crippen LogP contribution is -2.31. The highest BCUT2D eigenvalue weighted by Crippen LogP contribution is 2.11. The van der Waals surface area contributed by atoms with E-state index in [2.05, 4.69) is 15.4 Å². The normalized spacial score (nSPS) is 18.3. The largest absolute Gasteiger partial charge is 0.352 e. The van der Waals surface area contributed by atoms with E-state index in [9.17, 15) is 13.2 Å². The van der Waals surface area contributed by atoms with Gasteiger partial charge in [0, 0.05) is 25.6 Å². The van der Waals surface area contributed by atoms with Crippen LogP contribution in [0, 0.1) is 0 Å². The number of carbonyl (C=O) groups is 1. The Hall–Kier alpha value is -1.44. The van der Waals surface area contributed by atoms with Crippen LogP contribution in [0.25, 0.3) is 0 Å². The highest BCUT2D eigenvalue weighted by atomic mass is 32.2. The van der Waals surface area contributed by atoms with Gasteiger partial charge >= 0.3 is 0 Å². The molecule has 0 saturated carbocycles. The SMILES string of the molecule is CCNS(=O)(=O)c1ccc(CNC(=O)CC2CCCN2)cc1. The number of carbonyl (C=O) groups excluding carboxylic acids is 1. The molecule has 1 aromatic rings. The smallest absolute Gasteiger partial charge is 0.240 e. The molecule has 122 valence electrons. The van der Waals surface area contributed by atoms with E-state index in [0.717, 1.165) is 24.9 Å². The minimum absolute atomic E-state index is 0.0174. The number of hydrogen-bond acceptors (Lipinski definition) is 4. The summed E-state index contributed by atoms with van der Waals surface area (Å²) < 4.78 is 26.1. The molecule has 1 aliphatic heterocycles. The van der Waals surface area contributed by atoms with E-state index < -0.39 is 10.0 Å². The third-order valence-corrected chi connectivity index (χ3v) is 5.21. The summed E-state index contributed by atoms with van der Waals surface area (Å²) in [6.45, 7) is 3.49. The van der Waals surface area contributed by atoms with Crippen molar-refractivity contribution in [3.63, 3.8) is 0 Å². The van der Waals surface area contributed by atoms with Crippen molar-refractivity contribution >= 4 is 15.9 Å². The van der Waals surface area contributed by atoms with E-state index in [4.69, 9.17) is 0 Å². The fourth-order valence-electron chi connectivity index (χ4n) is 2.49. The fraction of sp³-hybridized carbons (Fsp3) is 0.533. The van der Waals surface area contributed by atoms with Crippen LogP contribution in [-0.2, 0) is 21.4 Å². The van der Waals surface area contributed by atoms with Crippen molar-refractivity contribution in [2.75, 3.05) is 13.1 Å². The zero-order valence-corrected chi connectivity index (χ0v) is 13.6. The zero-order chi connectivity index (χ0) is 16.0. The first kappa shape index (κ1) is 16.9. The second-order valence-corrected chi connectivity index (χ2v) is 7.19. The topological polar surface area (TPSA) is 87.3 Å². The summed E-state index contributed by atoms with van der Waals surface area (Å²) in [5.41, 5.74) is 0.878. The summed E-state index contributed by atoms with van der Waals surface area (Å²) in [7, 11) is -3.42. The Morgan fingerprint density at radius 1 is 1.32 bits per heavy atom. The first-order valence-corrected chi connectivity index (χ1v) is 9.08. The Kier molecular flexibility index (Phi) is 5.93. The number of hydrogen-bond donors (Lipinski definition) is 3. The Balaban J connectivity index is 1.84. The third kappa shape index (κ3) is 4.79. The molecule has 22 heavy (non-hydrogen) atoms. The lowest BCUT2D eigenvalue weighted by atomic mass is 10.1. The van der Waals surface area contributed by atoms with Crippen molar-refractivity contribution in [3.05, 3.63) is 29.8 Å². The molecule has 6 nitrogen and oxygen atoms in total. The molecule has 2 rings (SSSR count). The van der Waals surface area contributed by atoms with E-state index in [1.165, 1.54) is 0 Å². The molecule has 1 aliphatic rings. The van der Waals surface area contributed by atoms with Gasteiger partial charge in [0.15, 0.2) is 0 Å². The molecule has 0 spiro atoms. The summed E-state index contributed by atoms with van der Waals surface area (Å²) >= 11 is 0. The Morgan fingerprint density at radius 3 is 2.64 bits per heavy atom. The van der Waals surface area contributed by atoms with Gasteiger partial charge in [0.05, 0.1) is 4.90 Å².